The first-order valence-electron chi connectivity index (χ1n) is 5.60. The Kier molecular flexibility index (Phi) is 10.1. The molecule has 84 valence electrons. The van der Waals surface area contributed by atoms with Gasteiger partial charge in [0.1, 0.15) is 5.78 Å². The van der Waals surface area contributed by atoms with Crippen LogP contribution in [0, 0.1) is 23.7 Å². The Morgan fingerprint density at radius 2 is 1.81 bits per heavy atom. The molecule has 0 N–H and O–H groups in total. The molecule has 0 aromatic rings. The number of allylic oxidation sites excluding steroid dienone is 4. The van der Waals surface area contributed by atoms with E-state index in [1.807, 2.05) is 26.0 Å². The van der Waals surface area contributed by atoms with Crippen molar-refractivity contribution in [3.05, 3.63) is 24.3 Å². The lowest BCUT2D eigenvalue weighted by molar-refractivity contribution is -0.119. The van der Waals surface area contributed by atoms with Crippen LogP contribution in [0.3, 0.4) is 0 Å². The molecule has 1 nitrogen and oxygen atoms in total. The third-order valence-corrected chi connectivity index (χ3v) is 1.78. The molecule has 0 heterocycles. The Balaban J connectivity index is 3.71. The number of hydrogen-bond donors (Lipinski definition) is 0. The normalized spacial score (nSPS) is 9.62. The second-order valence-corrected chi connectivity index (χ2v) is 3.27. The van der Waals surface area contributed by atoms with Crippen LogP contribution in [-0.2, 0) is 4.79 Å². The maximum absolute atomic E-state index is 11.2. The first-order chi connectivity index (χ1) is 7.81. The van der Waals surface area contributed by atoms with Crippen molar-refractivity contribution in [2.75, 3.05) is 0 Å². The maximum Gasteiger partial charge on any atom is 0.133 e. The van der Waals surface area contributed by atoms with Crippen LogP contribution in [0.2, 0.25) is 0 Å². The lowest BCUT2D eigenvalue weighted by atomic mass is 10.1. The highest BCUT2D eigenvalue weighted by Gasteiger charge is 1.96. The average molecular weight is 214 g/mol. The van der Waals surface area contributed by atoms with Crippen LogP contribution in [0.15, 0.2) is 24.3 Å². The molecule has 0 rings (SSSR count). The topological polar surface area (TPSA) is 17.1 Å². The summed E-state index contributed by atoms with van der Waals surface area (Å²) in [7, 11) is 0. The zero-order chi connectivity index (χ0) is 12.1. The van der Waals surface area contributed by atoms with E-state index in [0.29, 0.717) is 18.6 Å². The van der Waals surface area contributed by atoms with Gasteiger partial charge in [0.25, 0.3) is 0 Å². The molecule has 0 saturated carbocycles. The van der Waals surface area contributed by atoms with Gasteiger partial charge in [0.05, 0.1) is 0 Å². The first-order valence-corrected chi connectivity index (χ1v) is 5.60. The second-order valence-electron chi connectivity index (χ2n) is 3.27. The van der Waals surface area contributed by atoms with Crippen LogP contribution in [-0.4, -0.2) is 5.78 Å². The first kappa shape index (κ1) is 14.3. The quantitative estimate of drug-likeness (QED) is 0.642. The summed E-state index contributed by atoms with van der Waals surface area (Å²) in [5.41, 5.74) is 0. The SMILES string of the molecule is CC=CC#CC#CC=CCCC(=O)CCC. The maximum atomic E-state index is 11.2. The molecule has 0 radical (unpaired) electrons. The van der Waals surface area contributed by atoms with E-state index in [2.05, 4.69) is 23.7 Å². The number of ketones is 1. The molecule has 0 aliphatic heterocycles. The van der Waals surface area contributed by atoms with E-state index in [1.165, 1.54) is 0 Å². The summed E-state index contributed by atoms with van der Waals surface area (Å²) in [6.45, 7) is 3.93. The molecule has 0 aromatic carbocycles. The molecular weight excluding hydrogens is 196 g/mol. The molecule has 0 amide bonds. The van der Waals surface area contributed by atoms with Gasteiger partial charge in [-0.3, -0.25) is 4.79 Å². The molecule has 1 heteroatoms. The van der Waals surface area contributed by atoms with Crippen LogP contribution >= 0.6 is 0 Å². The van der Waals surface area contributed by atoms with E-state index in [4.69, 9.17) is 0 Å². The molecule has 0 atom stereocenters. The van der Waals surface area contributed by atoms with Gasteiger partial charge in [-0.2, -0.15) is 0 Å². The van der Waals surface area contributed by atoms with Gasteiger partial charge in [-0.25, -0.2) is 0 Å². The zero-order valence-corrected chi connectivity index (χ0v) is 10.0. The smallest absolute Gasteiger partial charge is 0.133 e. The van der Waals surface area contributed by atoms with Crippen LogP contribution in [0.25, 0.3) is 0 Å². The molecule has 0 bridgehead atoms. The summed E-state index contributed by atoms with van der Waals surface area (Å²) in [6.07, 6.45) is 10.3. The van der Waals surface area contributed by atoms with Crippen molar-refractivity contribution >= 4 is 5.78 Å². The van der Waals surface area contributed by atoms with E-state index in [1.54, 1.807) is 12.2 Å². The molecule has 0 fully saturated rings. The summed E-state index contributed by atoms with van der Waals surface area (Å²) in [5, 5.41) is 0. The zero-order valence-electron chi connectivity index (χ0n) is 10.0. The lowest BCUT2D eigenvalue weighted by Crippen LogP contribution is -1.94. The largest absolute Gasteiger partial charge is 0.300 e. The third-order valence-electron chi connectivity index (χ3n) is 1.78. The predicted octanol–water partition coefficient (Wildman–Crippen LogP) is 3.27. The van der Waals surface area contributed by atoms with Crippen LogP contribution < -0.4 is 0 Å². The minimum atomic E-state index is 0.327. The summed E-state index contributed by atoms with van der Waals surface area (Å²) in [5.74, 6) is 11.3. The Hall–Kier alpha value is -1.73. The van der Waals surface area contributed by atoms with Gasteiger partial charge in [0.15, 0.2) is 0 Å². The molecule has 0 aromatic heterocycles. The number of Topliss-reactive ketones (excluding diaryl/α,β-unsaturated/α-hetero) is 1. The number of carbonyl (C=O) groups is 1. The molecule has 0 unspecified atom stereocenters. The van der Waals surface area contributed by atoms with Crippen LogP contribution in [0.1, 0.15) is 39.5 Å². The Labute approximate surface area is 98.6 Å². The Morgan fingerprint density at radius 3 is 2.44 bits per heavy atom. The van der Waals surface area contributed by atoms with E-state index >= 15 is 0 Å². The minimum Gasteiger partial charge on any atom is -0.300 e. The molecule has 0 spiro atoms. The molecule has 0 aliphatic carbocycles. The number of hydrogen-bond acceptors (Lipinski definition) is 1. The summed E-state index contributed by atoms with van der Waals surface area (Å²) in [6, 6.07) is 0. The van der Waals surface area contributed by atoms with E-state index in [9.17, 15) is 4.79 Å². The third kappa shape index (κ3) is 10.4. The van der Waals surface area contributed by atoms with Gasteiger partial charge in [-0.1, -0.05) is 30.9 Å². The Bertz CT molecular complexity index is 364. The fourth-order valence-corrected chi connectivity index (χ4v) is 1.03. The van der Waals surface area contributed by atoms with Crippen molar-refractivity contribution in [1.29, 1.82) is 0 Å². The summed E-state index contributed by atoms with van der Waals surface area (Å²) >= 11 is 0. The highest BCUT2D eigenvalue weighted by Crippen LogP contribution is 1.98. The second kappa shape index (κ2) is 11.3. The predicted molar refractivity (Wildman–Crippen MR) is 68.7 cm³/mol. The minimum absolute atomic E-state index is 0.327. The lowest BCUT2D eigenvalue weighted by Gasteiger charge is -1.92. The van der Waals surface area contributed by atoms with Crippen molar-refractivity contribution in [2.24, 2.45) is 0 Å². The number of carbonyl (C=O) groups excluding carboxylic acids is 1. The fraction of sp³-hybridized carbons (Fsp3) is 0.400. The van der Waals surface area contributed by atoms with Crippen molar-refractivity contribution < 1.29 is 4.79 Å². The van der Waals surface area contributed by atoms with Gasteiger partial charge >= 0.3 is 0 Å². The van der Waals surface area contributed by atoms with Gasteiger partial charge in [0.2, 0.25) is 0 Å². The molecule has 0 aliphatic rings. The van der Waals surface area contributed by atoms with Crippen LogP contribution in [0.4, 0.5) is 0 Å². The van der Waals surface area contributed by atoms with E-state index < -0.39 is 0 Å². The van der Waals surface area contributed by atoms with Gasteiger partial charge in [0, 0.05) is 12.8 Å². The molecular formula is C15H18O. The Morgan fingerprint density at radius 1 is 1.12 bits per heavy atom. The highest BCUT2D eigenvalue weighted by atomic mass is 16.1. The van der Waals surface area contributed by atoms with Crippen LogP contribution in [0.5, 0.6) is 0 Å². The monoisotopic (exact) mass is 214 g/mol. The van der Waals surface area contributed by atoms with Crippen molar-refractivity contribution in [1.82, 2.24) is 0 Å². The molecule has 16 heavy (non-hydrogen) atoms. The molecule has 0 saturated heterocycles. The van der Waals surface area contributed by atoms with Crippen molar-refractivity contribution in [2.45, 2.75) is 39.5 Å². The fourth-order valence-electron chi connectivity index (χ4n) is 1.03. The van der Waals surface area contributed by atoms with Gasteiger partial charge in [-0.15, -0.1) is 0 Å². The van der Waals surface area contributed by atoms with E-state index in [-0.39, 0.29) is 0 Å². The van der Waals surface area contributed by atoms with Crippen molar-refractivity contribution in [3.8, 4) is 23.7 Å². The summed E-state index contributed by atoms with van der Waals surface area (Å²) < 4.78 is 0. The highest BCUT2D eigenvalue weighted by molar-refractivity contribution is 5.78. The standard InChI is InChI=1S/C15H18O/c1-3-5-6-7-8-9-10-11-12-14-15(16)13-4-2/h3,5,10-11H,4,12-14H2,1-2H3. The van der Waals surface area contributed by atoms with Gasteiger partial charge in [-0.05, 0) is 43.8 Å². The number of rotatable bonds is 5. The average Bonchev–Trinajstić information content (AvgIpc) is 2.27. The summed E-state index contributed by atoms with van der Waals surface area (Å²) in [4.78, 5) is 11.2. The van der Waals surface area contributed by atoms with E-state index in [0.717, 1.165) is 12.8 Å². The van der Waals surface area contributed by atoms with Crippen molar-refractivity contribution in [3.63, 3.8) is 0 Å². The van der Waals surface area contributed by atoms with Gasteiger partial charge < -0.3 is 0 Å².